The zero-order valence-corrected chi connectivity index (χ0v) is 16.5. The third-order valence-corrected chi connectivity index (χ3v) is 4.88. The molecule has 0 radical (unpaired) electrons. The second-order valence-corrected chi connectivity index (χ2v) is 6.95. The monoisotopic (exact) mass is 399 g/mol. The van der Waals surface area contributed by atoms with Crippen LogP contribution in [0.1, 0.15) is 11.1 Å². The van der Waals surface area contributed by atoms with Gasteiger partial charge in [0.25, 0.3) is 0 Å². The van der Waals surface area contributed by atoms with Crippen LogP contribution in [0.4, 0.5) is 0 Å². The van der Waals surface area contributed by atoms with Crippen molar-refractivity contribution in [3.63, 3.8) is 0 Å². The highest BCUT2D eigenvalue weighted by Crippen LogP contribution is 2.32. The fraction of sp³-hybridized carbons (Fsp3) is 0.125. The maximum absolute atomic E-state index is 10.6. The van der Waals surface area contributed by atoms with Crippen molar-refractivity contribution in [2.24, 2.45) is 0 Å². The van der Waals surface area contributed by atoms with Crippen molar-refractivity contribution in [3.8, 4) is 34.0 Å². The quantitative estimate of drug-likeness (QED) is 0.474. The van der Waals surface area contributed by atoms with Gasteiger partial charge >= 0.3 is 5.97 Å². The molecule has 30 heavy (non-hydrogen) atoms. The van der Waals surface area contributed by atoms with Crippen molar-refractivity contribution in [2.45, 2.75) is 13.5 Å². The molecule has 1 heterocycles. The molecule has 6 nitrogen and oxygen atoms in total. The Hall–Kier alpha value is -3.77. The summed E-state index contributed by atoms with van der Waals surface area (Å²) in [5, 5.41) is 20.0. The van der Waals surface area contributed by atoms with Gasteiger partial charge in [-0.1, -0.05) is 54.6 Å². The van der Waals surface area contributed by atoms with Crippen molar-refractivity contribution in [2.75, 3.05) is 6.54 Å². The van der Waals surface area contributed by atoms with E-state index in [1.165, 1.54) is 0 Å². The van der Waals surface area contributed by atoms with Gasteiger partial charge in [-0.3, -0.25) is 4.79 Å². The Bertz CT molecular complexity index is 1150. The Labute approximate surface area is 174 Å². The van der Waals surface area contributed by atoms with Gasteiger partial charge in [-0.25, -0.2) is 0 Å². The van der Waals surface area contributed by atoms with E-state index in [2.05, 4.69) is 40.6 Å². The number of aliphatic carboxylic acids is 1. The van der Waals surface area contributed by atoms with Gasteiger partial charge in [0.05, 0.1) is 6.54 Å². The van der Waals surface area contributed by atoms with E-state index >= 15 is 0 Å². The van der Waals surface area contributed by atoms with Gasteiger partial charge in [-0.2, -0.15) is 0 Å². The Kier molecular flexibility index (Phi) is 5.68. The number of benzene rings is 3. The molecule has 6 heteroatoms. The summed E-state index contributed by atoms with van der Waals surface area (Å²) < 4.78 is 5.96. The first-order chi connectivity index (χ1) is 14.6. The molecule has 2 N–H and O–H groups in total. The summed E-state index contributed by atoms with van der Waals surface area (Å²) in [6, 6.07) is 23.9. The molecule has 4 rings (SSSR count). The number of hydrogen-bond donors (Lipinski definition) is 2. The molecular formula is C24H21N3O3. The highest BCUT2D eigenvalue weighted by atomic mass is 16.4. The van der Waals surface area contributed by atoms with E-state index in [1.54, 1.807) is 0 Å². The minimum absolute atomic E-state index is 0.0732. The standard InChI is InChI=1S/C24H21N3O3/c1-16-20(18-6-3-2-4-7-18)8-5-9-21(16)24-27-26-23(30-24)19-12-10-17(11-13-19)14-25-15-22(28)29/h2-13,25H,14-15H2,1H3,(H,28,29). The molecular weight excluding hydrogens is 378 g/mol. The number of carboxylic acid groups (broad SMARTS) is 1. The van der Waals surface area contributed by atoms with Crippen LogP contribution in [0, 0.1) is 6.92 Å². The van der Waals surface area contributed by atoms with Gasteiger partial charge < -0.3 is 14.8 Å². The van der Waals surface area contributed by atoms with Gasteiger partial charge in [-0.05, 0) is 47.4 Å². The predicted octanol–water partition coefficient (Wildman–Crippen LogP) is 4.55. The summed E-state index contributed by atoms with van der Waals surface area (Å²) in [4.78, 5) is 10.6. The molecule has 0 amide bonds. The first-order valence-electron chi connectivity index (χ1n) is 9.62. The Morgan fingerprint density at radius 1 is 0.867 bits per heavy atom. The number of aromatic nitrogens is 2. The first-order valence-corrected chi connectivity index (χ1v) is 9.62. The second kappa shape index (κ2) is 8.71. The molecule has 0 atom stereocenters. The van der Waals surface area contributed by atoms with Crippen LogP contribution in [-0.2, 0) is 11.3 Å². The third kappa shape index (κ3) is 4.29. The molecule has 0 spiro atoms. The second-order valence-electron chi connectivity index (χ2n) is 6.95. The molecule has 0 unspecified atom stereocenters. The Balaban J connectivity index is 1.56. The van der Waals surface area contributed by atoms with Gasteiger partial charge in [0, 0.05) is 17.7 Å². The Morgan fingerprint density at radius 2 is 1.57 bits per heavy atom. The highest BCUT2D eigenvalue weighted by Gasteiger charge is 2.15. The molecule has 0 aliphatic heterocycles. The molecule has 0 aliphatic rings. The van der Waals surface area contributed by atoms with E-state index in [-0.39, 0.29) is 6.54 Å². The third-order valence-electron chi connectivity index (χ3n) is 4.88. The lowest BCUT2D eigenvalue weighted by Gasteiger charge is -2.09. The molecule has 0 fully saturated rings. The van der Waals surface area contributed by atoms with E-state index in [0.29, 0.717) is 18.3 Å². The molecule has 4 aromatic rings. The van der Waals surface area contributed by atoms with Crippen LogP contribution < -0.4 is 5.32 Å². The van der Waals surface area contributed by atoms with Crippen molar-refractivity contribution < 1.29 is 14.3 Å². The molecule has 3 aromatic carbocycles. The molecule has 1 aromatic heterocycles. The van der Waals surface area contributed by atoms with E-state index < -0.39 is 5.97 Å². The van der Waals surface area contributed by atoms with Gasteiger partial charge in [0.15, 0.2) is 0 Å². The zero-order chi connectivity index (χ0) is 20.9. The van der Waals surface area contributed by atoms with E-state index in [1.807, 2.05) is 54.6 Å². The fourth-order valence-corrected chi connectivity index (χ4v) is 3.33. The van der Waals surface area contributed by atoms with Crippen LogP contribution in [0.15, 0.2) is 77.2 Å². The molecule has 0 aliphatic carbocycles. The molecule has 0 saturated carbocycles. The summed E-state index contributed by atoms with van der Waals surface area (Å²) in [7, 11) is 0. The fourth-order valence-electron chi connectivity index (χ4n) is 3.33. The molecule has 0 bridgehead atoms. The number of rotatable bonds is 7. The van der Waals surface area contributed by atoms with E-state index in [4.69, 9.17) is 9.52 Å². The zero-order valence-electron chi connectivity index (χ0n) is 16.5. The summed E-state index contributed by atoms with van der Waals surface area (Å²) in [6.45, 7) is 2.46. The molecule has 0 saturated heterocycles. The van der Waals surface area contributed by atoms with Crippen LogP contribution in [-0.4, -0.2) is 27.8 Å². The van der Waals surface area contributed by atoms with E-state index in [0.717, 1.165) is 33.4 Å². The summed E-state index contributed by atoms with van der Waals surface area (Å²) in [5.41, 5.74) is 6.05. The van der Waals surface area contributed by atoms with Crippen LogP contribution in [0.3, 0.4) is 0 Å². The smallest absolute Gasteiger partial charge is 0.317 e. The van der Waals surface area contributed by atoms with E-state index in [9.17, 15) is 4.79 Å². The molecule has 150 valence electrons. The topological polar surface area (TPSA) is 88.2 Å². The predicted molar refractivity (Wildman–Crippen MR) is 115 cm³/mol. The summed E-state index contributed by atoms with van der Waals surface area (Å²) in [6.07, 6.45) is 0. The van der Waals surface area contributed by atoms with Gasteiger partial charge in [0.2, 0.25) is 11.8 Å². The van der Waals surface area contributed by atoms with Crippen molar-refractivity contribution in [1.29, 1.82) is 0 Å². The van der Waals surface area contributed by atoms with Crippen LogP contribution >= 0.6 is 0 Å². The number of hydrogen-bond acceptors (Lipinski definition) is 5. The lowest BCUT2D eigenvalue weighted by molar-refractivity contribution is -0.135. The number of carbonyl (C=O) groups is 1. The largest absolute Gasteiger partial charge is 0.480 e. The maximum atomic E-state index is 10.6. The average Bonchev–Trinajstić information content (AvgIpc) is 3.25. The Morgan fingerprint density at radius 3 is 2.30 bits per heavy atom. The summed E-state index contributed by atoms with van der Waals surface area (Å²) in [5.74, 6) is 0.0451. The van der Waals surface area contributed by atoms with Crippen molar-refractivity contribution >= 4 is 5.97 Å². The number of nitrogens with zero attached hydrogens (tertiary/aromatic N) is 2. The number of nitrogens with one attached hydrogen (secondary N) is 1. The lowest BCUT2D eigenvalue weighted by Crippen LogP contribution is -2.21. The first kappa shape index (κ1) is 19.5. The SMILES string of the molecule is Cc1c(-c2ccccc2)cccc1-c1nnc(-c2ccc(CNCC(=O)O)cc2)o1. The van der Waals surface area contributed by atoms with Crippen molar-refractivity contribution in [1.82, 2.24) is 15.5 Å². The van der Waals surface area contributed by atoms with Crippen molar-refractivity contribution in [3.05, 3.63) is 83.9 Å². The van der Waals surface area contributed by atoms with Crippen LogP contribution in [0.5, 0.6) is 0 Å². The normalized spacial score (nSPS) is 10.8. The van der Waals surface area contributed by atoms with Crippen LogP contribution in [0.25, 0.3) is 34.0 Å². The van der Waals surface area contributed by atoms with Crippen LogP contribution in [0.2, 0.25) is 0 Å². The average molecular weight is 399 g/mol. The lowest BCUT2D eigenvalue weighted by atomic mass is 9.96. The maximum Gasteiger partial charge on any atom is 0.317 e. The minimum Gasteiger partial charge on any atom is -0.480 e. The minimum atomic E-state index is -0.878. The number of carboxylic acids is 1. The van der Waals surface area contributed by atoms with Gasteiger partial charge in [0.1, 0.15) is 0 Å². The summed E-state index contributed by atoms with van der Waals surface area (Å²) >= 11 is 0. The van der Waals surface area contributed by atoms with Gasteiger partial charge in [-0.15, -0.1) is 10.2 Å². The highest BCUT2D eigenvalue weighted by molar-refractivity contribution is 5.75.